The van der Waals surface area contributed by atoms with E-state index in [4.69, 9.17) is 4.74 Å². The second kappa shape index (κ2) is 8.89. The lowest BCUT2D eigenvalue weighted by molar-refractivity contribution is -0.117. The number of ether oxygens (including phenoxy) is 1. The van der Waals surface area contributed by atoms with E-state index < -0.39 is 0 Å². The van der Waals surface area contributed by atoms with Crippen LogP contribution in [0.4, 0.5) is 5.69 Å². The topological polar surface area (TPSA) is 41.6 Å². The summed E-state index contributed by atoms with van der Waals surface area (Å²) in [7, 11) is 1.93. The lowest BCUT2D eigenvalue weighted by Gasteiger charge is -2.17. The summed E-state index contributed by atoms with van der Waals surface area (Å²) in [5.74, 6) is 0.583. The Kier molecular flexibility index (Phi) is 6.58. The number of rotatable bonds is 8. The number of nitrogens with one attached hydrogen (secondary N) is 1. The molecule has 126 valence electrons. The van der Waals surface area contributed by atoms with Crippen molar-refractivity contribution in [2.75, 3.05) is 25.5 Å². The molecule has 2 rings (SSSR count). The van der Waals surface area contributed by atoms with E-state index in [-0.39, 0.29) is 5.91 Å². The summed E-state index contributed by atoms with van der Waals surface area (Å²) in [4.78, 5) is 14.3. The molecule has 24 heavy (non-hydrogen) atoms. The van der Waals surface area contributed by atoms with Crippen molar-refractivity contribution in [2.24, 2.45) is 0 Å². The molecule has 4 heteroatoms. The van der Waals surface area contributed by atoms with Crippen LogP contribution in [0.15, 0.2) is 66.7 Å². The zero-order valence-electron chi connectivity index (χ0n) is 14.3. The molecule has 0 aliphatic carbocycles. The summed E-state index contributed by atoms with van der Waals surface area (Å²) < 4.78 is 5.67. The molecule has 1 N–H and O–H groups in total. The van der Waals surface area contributed by atoms with Gasteiger partial charge in [0, 0.05) is 6.54 Å². The van der Waals surface area contributed by atoms with Gasteiger partial charge in [-0.1, -0.05) is 49.0 Å². The molecule has 0 spiro atoms. The van der Waals surface area contributed by atoms with Gasteiger partial charge in [0.2, 0.25) is 5.91 Å². The van der Waals surface area contributed by atoms with Gasteiger partial charge in [-0.15, -0.1) is 0 Å². The summed E-state index contributed by atoms with van der Waals surface area (Å²) >= 11 is 0. The van der Waals surface area contributed by atoms with E-state index in [1.807, 2.05) is 61.3 Å². The molecule has 1 amide bonds. The standard InChI is InChI=1S/C20H24N2O2/c1-16(2)15-24-19-12-8-7-11-18(19)21-20(23)14-22(3)13-17-9-5-4-6-10-17/h4-12H,1,13-15H2,2-3H3,(H,21,23). The first-order valence-corrected chi connectivity index (χ1v) is 7.93. The molecule has 2 aromatic carbocycles. The molecule has 0 saturated heterocycles. The second-order valence-electron chi connectivity index (χ2n) is 5.95. The fourth-order valence-electron chi connectivity index (χ4n) is 2.28. The second-order valence-corrected chi connectivity index (χ2v) is 5.95. The minimum Gasteiger partial charge on any atom is -0.487 e. The van der Waals surface area contributed by atoms with Gasteiger partial charge in [0.15, 0.2) is 0 Å². The van der Waals surface area contributed by atoms with Crippen molar-refractivity contribution in [3.63, 3.8) is 0 Å². The summed E-state index contributed by atoms with van der Waals surface area (Å²) in [6.45, 7) is 7.19. The van der Waals surface area contributed by atoms with Crippen molar-refractivity contribution in [3.8, 4) is 5.75 Å². The minimum atomic E-state index is -0.0696. The number of carbonyl (C=O) groups is 1. The number of likely N-dealkylation sites (N-methyl/N-ethyl adjacent to an activating group) is 1. The molecule has 0 aliphatic rings. The van der Waals surface area contributed by atoms with E-state index >= 15 is 0 Å². The van der Waals surface area contributed by atoms with Crippen molar-refractivity contribution in [1.29, 1.82) is 0 Å². The van der Waals surface area contributed by atoms with Gasteiger partial charge in [0.1, 0.15) is 12.4 Å². The van der Waals surface area contributed by atoms with Crippen LogP contribution in [-0.4, -0.2) is 31.0 Å². The Morgan fingerprint density at radius 1 is 1.12 bits per heavy atom. The van der Waals surface area contributed by atoms with Gasteiger partial charge in [0.05, 0.1) is 12.2 Å². The monoisotopic (exact) mass is 324 g/mol. The molecular weight excluding hydrogens is 300 g/mol. The Balaban J connectivity index is 1.91. The number of nitrogens with zero attached hydrogens (tertiary/aromatic N) is 1. The highest BCUT2D eigenvalue weighted by molar-refractivity contribution is 5.93. The molecule has 0 aliphatic heterocycles. The minimum absolute atomic E-state index is 0.0696. The Morgan fingerprint density at radius 3 is 2.50 bits per heavy atom. The van der Waals surface area contributed by atoms with Crippen LogP contribution in [0.25, 0.3) is 0 Å². The Morgan fingerprint density at radius 2 is 1.79 bits per heavy atom. The van der Waals surface area contributed by atoms with Crippen molar-refractivity contribution >= 4 is 11.6 Å². The molecule has 0 atom stereocenters. The van der Waals surface area contributed by atoms with E-state index in [9.17, 15) is 4.79 Å². The third kappa shape index (κ3) is 5.89. The van der Waals surface area contributed by atoms with Gasteiger partial charge in [-0.3, -0.25) is 9.69 Å². The van der Waals surface area contributed by atoms with E-state index in [2.05, 4.69) is 24.0 Å². The molecule has 0 fully saturated rings. The van der Waals surface area contributed by atoms with E-state index in [1.54, 1.807) is 0 Å². The molecule has 0 bridgehead atoms. The summed E-state index contributed by atoms with van der Waals surface area (Å²) in [6, 6.07) is 17.5. The first-order chi connectivity index (χ1) is 11.5. The average Bonchev–Trinajstić information content (AvgIpc) is 2.54. The fourth-order valence-corrected chi connectivity index (χ4v) is 2.28. The van der Waals surface area contributed by atoms with E-state index in [0.29, 0.717) is 24.6 Å². The van der Waals surface area contributed by atoms with Crippen LogP contribution >= 0.6 is 0 Å². The van der Waals surface area contributed by atoms with Crippen molar-refractivity contribution in [2.45, 2.75) is 13.5 Å². The molecule has 4 nitrogen and oxygen atoms in total. The summed E-state index contributed by atoms with van der Waals surface area (Å²) in [5.41, 5.74) is 2.79. The maximum Gasteiger partial charge on any atom is 0.238 e. The van der Waals surface area contributed by atoms with Gasteiger partial charge in [-0.2, -0.15) is 0 Å². The quantitative estimate of drug-likeness (QED) is 0.753. The first-order valence-electron chi connectivity index (χ1n) is 7.93. The number of carbonyl (C=O) groups excluding carboxylic acids is 1. The lowest BCUT2D eigenvalue weighted by Crippen LogP contribution is -2.30. The Hall–Kier alpha value is -2.59. The normalized spacial score (nSPS) is 10.5. The number of anilines is 1. The first kappa shape index (κ1) is 17.8. The van der Waals surface area contributed by atoms with Crippen LogP contribution in [0.1, 0.15) is 12.5 Å². The van der Waals surface area contributed by atoms with Gasteiger partial charge < -0.3 is 10.1 Å². The molecule has 0 saturated carbocycles. The SMILES string of the molecule is C=C(C)COc1ccccc1NC(=O)CN(C)Cc1ccccc1. The van der Waals surface area contributed by atoms with Crippen molar-refractivity contribution in [1.82, 2.24) is 4.90 Å². The fraction of sp³-hybridized carbons (Fsp3) is 0.250. The van der Waals surface area contributed by atoms with Crippen LogP contribution in [0.3, 0.4) is 0 Å². The molecule has 0 unspecified atom stereocenters. The van der Waals surface area contributed by atoms with E-state index in [1.165, 1.54) is 5.56 Å². The number of hydrogen-bond acceptors (Lipinski definition) is 3. The third-order valence-electron chi connectivity index (χ3n) is 3.34. The summed E-state index contributed by atoms with van der Waals surface area (Å²) in [5, 5.41) is 2.92. The zero-order valence-corrected chi connectivity index (χ0v) is 14.3. The van der Waals surface area contributed by atoms with Crippen LogP contribution in [-0.2, 0) is 11.3 Å². The molecule has 0 heterocycles. The maximum atomic E-state index is 12.3. The predicted octanol–water partition coefficient (Wildman–Crippen LogP) is 3.71. The largest absolute Gasteiger partial charge is 0.487 e. The highest BCUT2D eigenvalue weighted by Crippen LogP contribution is 2.24. The van der Waals surface area contributed by atoms with Crippen molar-refractivity contribution in [3.05, 3.63) is 72.3 Å². The third-order valence-corrected chi connectivity index (χ3v) is 3.34. The van der Waals surface area contributed by atoms with Crippen LogP contribution < -0.4 is 10.1 Å². The molecular formula is C20H24N2O2. The molecule has 0 radical (unpaired) electrons. The van der Waals surface area contributed by atoms with Crippen LogP contribution in [0.5, 0.6) is 5.75 Å². The molecule has 0 aromatic heterocycles. The Bertz CT molecular complexity index is 683. The highest BCUT2D eigenvalue weighted by atomic mass is 16.5. The van der Waals surface area contributed by atoms with Crippen LogP contribution in [0.2, 0.25) is 0 Å². The highest BCUT2D eigenvalue weighted by Gasteiger charge is 2.10. The van der Waals surface area contributed by atoms with Gasteiger partial charge >= 0.3 is 0 Å². The smallest absolute Gasteiger partial charge is 0.238 e. The van der Waals surface area contributed by atoms with Crippen molar-refractivity contribution < 1.29 is 9.53 Å². The van der Waals surface area contributed by atoms with Crippen LogP contribution in [0, 0.1) is 0 Å². The van der Waals surface area contributed by atoms with Gasteiger partial charge in [0.25, 0.3) is 0 Å². The number of para-hydroxylation sites is 2. The molecule has 2 aromatic rings. The number of hydrogen-bond donors (Lipinski definition) is 1. The van der Waals surface area contributed by atoms with Gasteiger partial charge in [-0.05, 0) is 37.2 Å². The maximum absolute atomic E-state index is 12.3. The summed E-state index contributed by atoms with van der Waals surface area (Å²) in [6.07, 6.45) is 0. The lowest BCUT2D eigenvalue weighted by atomic mass is 10.2. The number of benzene rings is 2. The predicted molar refractivity (Wildman–Crippen MR) is 98.2 cm³/mol. The van der Waals surface area contributed by atoms with E-state index in [0.717, 1.165) is 12.1 Å². The Labute approximate surface area is 143 Å². The average molecular weight is 324 g/mol. The zero-order chi connectivity index (χ0) is 17.4. The number of amides is 1. The van der Waals surface area contributed by atoms with Gasteiger partial charge in [-0.25, -0.2) is 0 Å².